The van der Waals surface area contributed by atoms with E-state index in [4.69, 9.17) is 4.74 Å². The lowest BCUT2D eigenvalue weighted by atomic mass is 9.83. The molecule has 1 aromatic heterocycles. The van der Waals surface area contributed by atoms with E-state index in [-0.39, 0.29) is 17.6 Å². The number of aromatic nitrogens is 2. The smallest absolute Gasteiger partial charge is 0.248 e. The SMILES string of the molecule is O=C(NC1CC2(CCCC2)Oc2ccccc21)C1(n2cccn2)CCNCC1. The van der Waals surface area contributed by atoms with Gasteiger partial charge in [-0.05, 0) is 63.7 Å². The Labute approximate surface area is 165 Å². The number of amides is 1. The van der Waals surface area contributed by atoms with E-state index in [1.807, 2.05) is 35.1 Å². The summed E-state index contributed by atoms with van der Waals surface area (Å²) in [4.78, 5) is 13.7. The summed E-state index contributed by atoms with van der Waals surface area (Å²) in [6, 6.07) is 10.1. The zero-order valence-corrected chi connectivity index (χ0v) is 16.2. The summed E-state index contributed by atoms with van der Waals surface area (Å²) in [6.07, 6.45) is 10.6. The summed E-state index contributed by atoms with van der Waals surface area (Å²) in [5.41, 5.74) is 0.349. The third-order valence-corrected chi connectivity index (χ3v) is 6.81. The van der Waals surface area contributed by atoms with E-state index < -0.39 is 5.54 Å². The molecule has 2 aromatic rings. The molecule has 28 heavy (non-hydrogen) atoms. The van der Waals surface area contributed by atoms with Gasteiger partial charge in [0.2, 0.25) is 5.91 Å². The molecule has 1 aromatic carbocycles. The van der Waals surface area contributed by atoms with Crippen molar-refractivity contribution in [1.29, 1.82) is 0 Å². The fourth-order valence-corrected chi connectivity index (χ4v) is 5.29. The topological polar surface area (TPSA) is 68.2 Å². The molecule has 2 aliphatic heterocycles. The van der Waals surface area contributed by atoms with Gasteiger partial charge in [0.05, 0.1) is 6.04 Å². The summed E-state index contributed by atoms with van der Waals surface area (Å²) >= 11 is 0. The Morgan fingerprint density at radius 1 is 1.14 bits per heavy atom. The minimum atomic E-state index is -0.620. The molecule has 1 saturated carbocycles. The van der Waals surface area contributed by atoms with Crippen LogP contribution in [-0.2, 0) is 10.3 Å². The molecule has 0 radical (unpaired) electrons. The predicted molar refractivity (Wildman–Crippen MR) is 106 cm³/mol. The quantitative estimate of drug-likeness (QED) is 0.859. The van der Waals surface area contributed by atoms with E-state index in [9.17, 15) is 4.79 Å². The Hall–Kier alpha value is -2.34. The molecule has 5 rings (SSSR count). The van der Waals surface area contributed by atoms with Crippen molar-refractivity contribution < 1.29 is 9.53 Å². The summed E-state index contributed by atoms with van der Waals surface area (Å²) in [5, 5.41) is 11.2. The number of piperidine rings is 1. The fraction of sp³-hybridized carbons (Fsp3) is 0.545. The van der Waals surface area contributed by atoms with E-state index in [0.29, 0.717) is 0 Å². The van der Waals surface area contributed by atoms with E-state index in [0.717, 1.165) is 56.5 Å². The molecular formula is C22H28N4O2. The number of ether oxygens (including phenoxy) is 1. The molecule has 3 aliphatic rings. The number of hydrogen-bond acceptors (Lipinski definition) is 4. The Morgan fingerprint density at radius 2 is 1.93 bits per heavy atom. The van der Waals surface area contributed by atoms with E-state index in [2.05, 4.69) is 21.8 Å². The maximum absolute atomic E-state index is 13.7. The second kappa shape index (κ2) is 6.92. The van der Waals surface area contributed by atoms with Gasteiger partial charge in [0.25, 0.3) is 0 Å². The first kappa shape index (κ1) is 17.7. The van der Waals surface area contributed by atoms with Gasteiger partial charge in [-0.25, -0.2) is 0 Å². The monoisotopic (exact) mass is 380 g/mol. The van der Waals surface area contributed by atoms with Gasteiger partial charge in [-0.2, -0.15) is 5.10 Å². The molecule has 2 fully saturated rings. The number of nitrogens with zero attached hydrogens (tertiary/aromatic N) is 2. The zero-order chi connectivity index (χ0) is 19.0. The second-order valence-corrected chi connectivity index (χ2v) is 8.49. The van der Waals surface area contributed by atoms with Crippen LogP contribution in [-0.4, -0.2) is 34.4 Å². The normalized spacial score (nSPS) is 25.1. The summed E-state index contributed by atoms with van der Waals surface area (Å²) < 4.78 is 8.32. The number of nitrogens with one attached hydrogen (secondary N) is 2. The maximum Gasteiger partial charge on any atom is 0.248 e. The van der Waals surface area contributed by atoms with E-state index >= 15 is 0 Å². The van der Waals surface area contributed by atoms with Crippen molar-refractivity contribution in [1.82, 2.24) is 20.4 Å². The van der Waals surface area contributed by atoms with Crippen LogP contribution < -0.4 is 15.4 Å². The van der Waals surface area contributed by atoms with E-state index in [1.165, 1.54) is 12.8 Å². The van der Waals surface area contributed by atoms with Crippen LogP contribution in [0.3, 0.4) is 0 Å². The Balaban J connectivity index is 1.46. The van der Waals surface area contributed by atoms with Crippen LogP contribution in [0, 0.1) is 0 Å². The van der Waals surface area contributed by atoms with Crippen LogP contribution >= 0.6 is 0 Å². The number of carbonyl (C=O) groups is 1. The highest BCUT2D eigenvalue weighted by atomic mass is 16.5. The highest BCUT2D eigenvalue weighted by Crippen LogP contribution is 2.47. The number of hydrogen-bond donors (Lipinski definition) is 2. The van der Waals surface area contributed by atoms with Crippen LogP contribution in [0.1, 0.15) is 56.6 Å². The minimum Gasteiger partial charge on any atom is -0.487 e. The Bertz CT molecular complexity index is 836. The van der Waals surface area contributed by atoms with Crippen molar-refractivity contribution in [2.75, 3.05) is 13.1 Å². The molecule has 6 heteroatoms. The molecule has 6 nitrogen and oxygen atoms in total. The number of para-hydroxylation sites is 1. The van der Waals surface area contributed by atoms with E-state index in [1.54, 1.807) is 6.20 Å². The Morgan fingerprint density at radius 3 is 2.68 bits per heavy atom. The lowest BCUT2D eigenvalue weighted by Crippen LogP contribution is -2.56. The zero-order valence-electron chi connectivity index (χ0n) is 16.2. The number of rotatable bonds is 3. The molecular weight excluding hydrogens is 352 g/mol. The average molecular weight is 380 g/mol. The van der Waals surface area contributed by atoms with Gasteiger partial charge in [-0.1, -0.05) is 18.2 Å². The van der Waals surface area contributed by atoms with Gasteiger partial charge in [-0.3, -0.25) is 9.48 Å². The number of fused-ring (bicyclic) bond motifs is 1. The van der Waals surface area contributed by atoms with Crippen molar-refractivity contribution >= 4 is 5.91 Å². The summed E-state index contributed by atoms with van der Waals surface area (Å²) in [6.45, 7) is 1.64. The highest BCUT2D eigenvalue weighted by Gasteiger charge is 2.47. The van der Waals surface area contributed by atoms with Crippen LogP contribution in [0.5, 0.6) is 5.75 Å². The van der Waals surface area contributed by atoms with Crippen molar-refractivity contribution in [3.05, 3.63) is 48.3 Å². The average Bonchev–Trinajstić information content (AvgIpc) is 3.41. The van der Waals surface area contributed by atoms with Gasteiger partial charge < -0.3 is 15.4 Å². The van der Waals surface area contributed by atoms with Gasteiger partial charge in [0, 0.05) is 24.4 Å². The largest absolute Gasteiger partial charge is 0.487 e. The highest BCUT2D eigenvalue weighted by molar-refractivity contribution is 5.85. The minimum absolute atomic E-state index is 0.0159. The predicted octanol–water partition coefficient (Wildman–Crippen LogP) is 2.91. The molecule has 1 atom stereocenters. The number of carbonyl (C=O) groups excluding carboxylic acids is 1. The lowest BCUT2D eigenvalue weighted by molar-refractivity contribution is -0.133. The third-order valence-electron chi connectivity index (χ3n) is 6.81. The molecule has 2 N–H and O–H groups in total. The van der Waals surface area contributed by atoms with Crippen molar-refractivity contribution in [2.24, 2.45) is 0 Å². The first-order chi connectivity index (χ1) is 13.7. The third kappa shape index (κ3) is 2.91. The van der Waals surface area contributed by atoms with Crippen LogP contribution in [0.2, 0.25) is 0 Å². The number of benzene rings is 1. The van der Waals surface area contributed by atoms with Crippen molar-refractivity contribution in [2.45, 2.75) is 62.1 Å². The molecule has 0 bridgehead atoms. The van der Waals surface area contributed by atoms with Crippen molar-refractivity contribution in [3.8, 4) is 5.75 Å². The first-order valence-electron chi connectivity index (χ1n) is 10.5. The summed E-state index contributed by atoms with van der Waals surface area (Å²) in [5.74, 6) is 1.01. The molecule has 1 unspecified atom stereocenters. The molecule has 1 saturated heterocycles. The van der Waals surface area contributed by atoms with Gasteiger partial charge in [-0.15, -0.1) is 0 Å². The summed E-state index contributed by atoms with van der Waals surface area (Å²) in [7, 11) is 0. The van der Waals surface area contributed by atoms with Gasteiger partial charge in [0.1, 0.15) is 16.9 Å². The van der Waals surface area contributed by atoms with Crippen LogP contribution in [0.4, 0.5) is 0 Å². The standard InChI is InChI=1S/C22H28N4O2/c27-20(22(10-13-23-14-11-22)26-15-5-12-24-26)25-18-16-21(8-3-4-9-21)28-19-7-2-1-6-17(18)19/h1-2,5-7,12,15,18,23H,3-4,8-11,13-14,16H2,(H,25,27). The van der Waals surface area contributed by atoms with Crippen LogP contribution in [0.15, 0.2) is 42.7 Å². The lowest BCUT2D eigenvalue weighted by Gasteiger charge is -2.42. The Kier molecular flexibility index (Phi) is 4.38. The molecule has 3 heterocycles. The maximum atomic E-state index is 13.7. The van der Waals surface area contributed by atoms with Crippen molar-refractivity contribution in [3.63, 3.8) is 0 Å². The first-order valence-corrected chi connectivity index (χ1v) is 10.5. The van der Waals surface area contributed by atoms with Gasteiger partial charge in [0.15, 0.2) is 0 Å². The molecule has 1 spiro atoms. The second-order valence-electron chi connectivity index (χ2n) is 8.49. The van der Waals surface area contributed by atoms with Gasteiger partial charge >= 0.3 is 0 Å². The van der Waals surface area contributed by atoms with Crippen LogP contribution in [0.25, 0.3) is 0 Å². The molecule has 148 valence electrons. The molecule has 1 aliphatic carbocycles. The molecule has 1 amide bonds. The fourth-order valence-electron chi connectivity index (χ4n) is 5.29.